The molecule has 0 saturated heterocycles. The zero-order valence-corrected chi connectivity index (χ0v) is 11.0. The summed E-state index contributed by atoms with van der Waals surface area (Å²) in [5, 5.41) is 16.8. The number of hydrogen-bond donors (Lipinski definition) is 4. The molecule has 0 spiro atoms. The lowest BCUT2D eigenvalue weighted by molar-refractivity contribution is 0.0438. The van der Waals surface area contributed by atoms with E-state index in [-0.39, 0.29) is 0 Å². The Labute approximate surface area is 95.4 Å². The van der Waals surface area contributed by atoms with E-state index in [9.17, 15) is 16.8 Å². The first kappa shape index (κ1) is 21.1. The fourth-order valence-electron chi connectivity index (χ4n) is 0. The highest BCUT2D eigenvalue weighted by atomic mass is 32.2. The molecule has 16 heavy (non-hydrogen) atoms. The van der Waals surface area contributed by atoms with Crippen LogP contribution in [0.4, 0.5) is 0 Å². The van der Waals surface area contributed by atoms with Crippen molar-refractivity contribution in [1.82, 2.24) is 0 Å². The van der Waals surface area contributed by atoms with E-state index in [1.807, 2.05) is 0 Å². The topological polar surface area (TPSA) is 149 Å². The summed E-state index contributed by atoms with van der Waals surface area (Å²) < 4.78 is 51.7. The van der Waals surface area contributed by atoms with Gasteiger partial charge in [0.2, 0.25) is 0 Å². The van der Waals surface area contributed by atoms with Gasteiger partial charge in [0, 0.05) is 0 Å². The molecule has 0 saturated carbocycles. The molecule has 0 aliphatic rings. The predicted octanol–water partition coefficient (Wildman–Crippen LogP) is -1.24. The Hall–Kier alpha value is -0.260. The van der Waals surface area contributed by atoms with Crippen molar-refractivity contribution >= 4 is 20.2 Å². The molecule has 0 aromatic heterocycles. The van der Waals surface area contributed by atoms with E-state index in [2.05, 4.69) is 0 Å². The Morgan fingerprint density at radius 1 is 0.750 bits per heavy atom. The second kappa shape index (κ2) is 8.84. The third-order valence-electron chi connectivity index (χ3n) is 0.698. The Balaban J connectivity index is -0.000000160. The lowest BCUT2D eigenvalue weighted by atomic mass is 10.3. The van der Waals surface area contributed by atoms with Crippen LogP contribution in [0.5, 0.6) is 0 Å². The SMILES string of the molecule is CC(O)C(C)O.CS(=O)(=O)O.CS(=O)(=O)O. The summed E-state index contributed by atoms with van der Waals surface area (Å²) in [4.78, 5) is 0. The number of hydrogen-bond acceptors (Lipinski definition) is 6. The molecule has 0 amide bonds. The molecule has 0 aromatic rings. The van der Waals surface area contributed by atoms with Gasteiger partial charge in [-0.1, -0.05) is 0 Å². The van der Waals surface area contributed by atoms with Crippen LogP contribution in [0.1, 0.15) is 13.8 Å². The molecule has 0 aliphatic carbocycles. The zero-order chi connectivity index (χ0) is 14.2. The minimum absolute atomic E-state index is 0.593. The van der Waals surface area contributed by atoms with Gasteiger partial charge in [0.1, 0.15) is 0 Å². The molecule has 4 N–H and O–H groups in total. The van der Waals surface area contributed by atoms with Crippen LogP contribution in [0.2, 0.25) is 0 Å². The Morgan fingerprint density at radius 2 is 0.812 bits per heavy atom. The summed E-state index contributed by atoms with van der Waals surface area (Å²) in [7, 11) is -7.33. The summed E-state index contributed by atoms with van der Waals surface area (Å²) in [5.74, 6) is 0. The van der Waals surface area contributed by atoms with Gasteiger partial charge in [-0.2, -0.15) is 16.8 Å². The van der Waals surface area contributed by atoms with Crippen molar-refractivity contribution in [2.45, 2.75) is 26.1 Å². The standard InChI is InChI=1S/C4H10O2.2CH4O3S/c1-3(5)4(2)6;2*1-5(2,3)4/h3-6H,1-2H3;2*1H3,(H,2,3,4). The Bertz CT molecular complexity index is 287. The van der Waals surface area contributed by atoms with Crippen molar-refractivity contribution in [1.29, 1.82) is 0 Å². The number of aliphatic hydroxyl groups is 2. The monoisotopic (exact) mass is 282 g/mol. The molecular formula is C6H18O8S2. The average molecular weight is 282 g/mol. The molecule has 0 heterocycles. The van der Waals surface area contributed by atoms with Crippen molar-refractivity contribution < 1.29 is 36.2 Å². The third kappa shape index (κ3) is 159. The van der Waals surface area contributed by atoms with Crippen molar-refractivity contribution in [2.24, 2.45) is 0 Å². The maximum atomic E-state index is 9.19. The molecule has 0 fully saturated rings. The summed E-state index contributed by atoms with van der Waals surface area (Å²) in [6.45, 7) is 3.09. The van der Waals surface area contributed by atoms with Crippen molar-refractivity contribution in [3.8, 4) is 0 Å². The molecule has 10 heteroatoms. The van der Waals surface area contributed by atoms with Gasteiger partial charge in [-0.3, -0.25) is 9.11 Å². The second-order valence-corrected chi connectivity index (χ2v) is 5.88. The highest BCUT2D eigenvalue weighted by Crippen LogP contribution is 1.85. The maximum Gasteiger partial charge on any atom is 0.261 e. The van der Waals surface area contributed by atoms with E-state index in [1.54, 1.807) is 13.8 Å². The maximum absolute atomic E-state index is 9.19. The highest BCUT2D eigenvalue weighted by molar-refractivity contribution is 7.85. The predicted molar refractivity (Wildman–Crippen MR) is 58.3 cm³/mol. The fraction of sp³-hybridized carbons (Fsp3) is 1.00. The zero-order valence-electron chi connectivity index (χ0n) is 9.39. The van der Waals surface area contributed by atoms with Crippen molar-refractivity contribution in [3.05, 3.63) is 0 Å². The lowest BCUT2D eigenvalue weighted by Crippen LogP contribution is -2.17. The molecule has 8 nitrogen and oxygen atoms in total. The number of rotatable bonds is 1. The Morgan fingerprint density at radius 3 is 0.812 bits per heavy atom. The molecule has 0 bridgehead atoms. The van der Waals surface area contributed by atoms with Gasteiger partial charge in [-0.25, -0.2) is 0 Å². The van der Waals surface area contributed by atoms with Gasteiger partial charge < -0.3 is 10.2 Å². The first-order valence-corrected chi connectivity index (χ1v) is 7.55. The van der Waals surface area contributed by atoms with Crippen LogP contribution >= 0.6 is 0 Å². The smallest absolute Gasteiger partial charge is 0.261 e. The summed E-state index contributed by atoms with van der Waals surface area (Å²) in [6.07, 6.45) is 0.245. The first-order valence-electron chi connectivity index (χ1n) is 3.85. The van der Waals surface area contributed by atoms with Crippen LogP contribution in [-0.2, 0) is 20.2 Å². The van der Waals surface area contributed by atoms with Gasteiger partial charge in [-0.05, 0) is 13.8 Å². The van der Waals surface area contributed by atoms with Crippen LogP contribution in [0.15, 0.2) is 0 Å². The quantitative estimate of drug-likeness (QED) is 0.436. The van der Waals surface area contributed by atoms with Gasteiger partial charge in [0.15, 0.2) is 0 Å². The van der Waals surface area contributed by atoms with Crippen LogP contribution in [0.25, 0.3) is 0 Å². The third-order valence-corrected chi connectivity index (χ3v) is 0.698. The van der Waals surface area contributed by atoms with Gasteiger partial charge >= 0.3 is 0 Å². The fourth-order valence-corrected chi connectivity index (χ4v) is 0. The average Bonchev–Trinajstić information content (AvgIpc) is 1.77. The minimum Gasteiger partial charge on any atom is -0.391 e. The molecular weight excluding hydrogens is 264 g/mol. The normalized spacial score (nSPS) is 14.8. The van der Waals surface area contributed by atoms with Gasteiger partial charge in [-0.15, -0.1) is 0 Å². The molecule has 0 rings (SSSR count). The number of aliphatic hydroxyl groups excluding tert-OH is 2. The largest absolute Gasteiger partial charge is 0.391 e. The van der Waals surface area contributed by atoms with E-state index < -0.39 is 32.4 Å². The van der Waals surface area contributed by atoms with E-state index in [4.69, 9.17) is 19.3 Å². The molecule has 102 valence electrons. The molecule has 0 aliphatic heterocycles. The van der Waals surface area contributed by atoms with E-state index >= 15 is 0 Å². The summed E-state index contributed by atoms with van der Waals surface area (Å²) in [5.41, 5.74) is 0. The van der Waals surface area contributed by atoms with Crippen molar-refractivity contribution in [3.63, 3.8) is 0 Å². The summed E-state index contributed by atoms with van der Waals surface area (Å²) >= 11 is 0. The lowest BCUT2D eigenvalue weighted by Gasteiger charge is -2.03. The van der Waals surface area contributed by atoms with Gasteiger partial charge in [0.25, 0.3) is 20.2 Å². The minimum atomic E-state index is -3.67. The molecule has 2 atom stereocenters. The first-order chi connectivity index (χ1) is 6.64. The van der Waals surface area contributed by atoms with E-state index in [1.165, 1.54) is 0 Å². The van der Waals surface area contributed by atoms with Crippen LogP contribution < -0.4 is 0 Å². The molecule has 0 aromatic carbocycles. The second-order valence-electron chi connectivity index (χ2n) is 2.95. The Kier molecular flexibility index (Phi) is 11.6. The van der Waals surface area contributed by atoms with Crippen molar-refractivity contribution in [2.75, 3.05) is 12.5 Å². The van der Waals surface area contributed by atoms with E-state index in [0.717, 1.165) is 0 Å². The summed E-state index contributed by atoms with van der Waals surface area (Å²) in [6, 6.07) is 0. The highest BCUT2D eigenvalue weighted by Gasteiger charge is 1.99. The van der Waals surface area contributed by atoms with E-state index in [0.29, 0.717) is 12.5 Å². The van der Waals surface area contributed by atoms with Gasteiger partial charge in [0.05, 0.1) is 24.7 Å². The van der Waals surface area contributed by atoms with Crippen LogP contribution in [0.3, 0.4) is 0 Å². The molecule has 2 unspecified atom stereocenters. The van der Waals surface area contributed by atoms with Crippen LogP contribution in [-0.4, -0.2) is 60.9 Å². The van der Waals surface area contributed by atoms with Crippen LogP contribution in [0, 0.1) is 0 Å². The molecule has 0 radical (unpaired) electrons.